The van der Waals surface area contributed by atoms with E-state index in [1.807, 2.05) is 26.0 Å². The molecule has 2 aromatic rings. The van der Waals surface area contributed by atoms with Gasteiger partial charge in [0.05, 0.1) is 17.2 Å². The molecule has 0 aliphatic rings. The van der Waals surface area contributed by atoms with E-state index in [9.17, 15) is 4.79 Å². The number of aryl methyl sites for hydroxylation is 2. The van der Waals surface area contributed by atoms with Gasteiger partial charge in [-0.1, -0.05) is 19.1 Å². The zero-order chi connectivity index (χ0) is 14.0. The molecule has 4 nitrogen and oxygen atoms in total. The highest BCUT2D eigenvalue weighted by atomic mass is 16.1. The van der Waals surface area contributed by atoms with Crippen LogP contribution in [0.4, 0.5) is 0 Å². The maximum absolute atomic E-state index is 11.7. The number of nitriles is 1. The van der Waals surface area contributed by atoms with Crippen LogP contribution in [-0.2, 0) is 6.42 Å². The van der Waals surface area contributed by atoms with E-state index >= 15 is 0 Å². The molecule has 1 aromatic carbocycles. The summed E-state index contributed by atoms with van der Waals surface area (Å²) in [5.41, 5.74) is 10.1. The van der Waals surface area contributed by atoms with E-state index in [1.54, 1.807) is 12.1 Å². The Morgan fingerprint density at radius 3 is 2.47 bits per heavy atom. The molecule has 3 N–H and O–H groups in total. The Bertz CT molecular complexity index is 660. The minimum absolute atomic E-state index is 0.430. The normalized spacial score (nSPS) is 10.2. The van der Waals surface area contributed by atoms with Gasteiger partial charge in [0.15, 0.2) is 0 Å². The highest BCUT2D eigenvalue weighted by Gasteiger charge is 2.19. The maximum Gasteiger partial charge on any atom is 0.251 e. The van der Waals surface area contributed by atoms with Gasteiger partial charge in [0.2, 0.25) is 0 Å². The number of hydrogen-bond donors (Lipinski definition) is 2. The molecule has 19 heavy (non-hydrogen) atoms. The molecule has 96 valence electrons. The third-order valence-electron chi connectivity index (χ3n) is 3.17. The lowest BCUT2D eigenvalue weighted by Gasteiger charge is -2.04. The number of aromatic nitrogens is 1. The van der Waals surface area contributed by atoms with Gasteiger partial charge in [-0.25, -0.2) is 0 Å². The molecule has 0 spiro atoms. The zero-order valence-electron chi connectivity index (χ0n) is 10.9. The highest BCUT2D eigenvalue weighted by Crippen LogP contribution is 2.30. The van der Waals surface area contributed by atoms with Gasteiger partial charge in [-0.3, -0.25) is 4.79 Å². The second kappa shape index (κ2) is 4.99. The van der Waals surface area contributed by atoms with E-state index in [2.05, 4.69) is 11.1 Å². The number of nitrogens with one attached hydrogen (secondary N) is 1. The van der Waals surface area contributed by atoms with Crippen LogP contribution in [0, 0.1) is 18.3 Å². The SMILES string of the molecule is CCc1[nH]c(C)c(-c2ccc(C#N)cc2)c1C(N)=O. The molecule has 1 amide bonds. The monoisotopic (exact) mass is 253 g/mol. The zero-order valence-corrected chi connectivity index (χ0v) is 10.9. The number of carbonyl (C=O) groups is 1. The summed E-state index contributed by atoms with van der Waals surface area (Å²) in [6, 6.07) is 9.21. The van der Waals surface area contributed by atoms with Crippen molar-refractivity contribution in [1.29, 1.82) is 5.26 Å². The fourth-order valence-corrected chi connectivity index (χ4v) is 2.30. The van der Waals surface area contributed by atoms with Crippen LogP contribution in [0.1, 0.15) is 34.2 Å². The van der Waals surface area contributed by atoms with E-state index in [-0.39, 0.29) is 0 Å². The molecule has 0 unspecified atom stereocenters. The van der Waals surface area contributed by atoms with Crippen LogP contribution in [0.3, 0.4) is 0 Å². The molecule has 4 heteroatoms. The summed E-state index contributed by atoms with van der Waals surface area (Å²) in [6.07, 6.45) is 0.718. The number of hydrogen-bond acceptors (Lipinski definition) is 2. The van der Waals surface area contributed by atoms with Crippen molar-refractivity contribution in [3.05, 3.63) is 46.8 Å². The van der Waals surface area contributed by atoms with Crippen molar-refractivity contribution in [3.63, 3.8) is 0 Å². The Morgan fingerprint density at radius 1 is 1.37 bits per heavy atom. The quantitative estimate of drug-likeness (QED) is 0.881. The molecule has 0 aliphatic carbocycles. The van der Waals surface area contributed by atoms with Crippen LogP contribution in [0.25, 0.3) is 11.1 Å². The van der Waals surface area contributed by atoms with Crippen LogP contribution in [-0.4, -0.2) is 10.9 Å². The Hall–Kier alpha value is -2.54. The first kappa shape index (κ1) is 12.9. The third-order valence-corrected chi connectivity index (χ3v) is 3.17. The van der Waals surface area contributed by atoms with Crippen molar-refractivity contribution in [3.8, 4) is 17.2 Å². The third kappa shape index (κ3) is 2.23. The Kier molecular flexibility index (Phi) is 3.39. The number of H-pyrrole nitrogens is 1. The lowest BCUT2D eigenvalue weighted by atomic mass is 9.98. The predicted octanol–water partition coefficient (Wildman–Crippen LogP) is 2.52. The van der Waals surface area contributed by atoms with Crippen molar-refractivity contribution in [2.75, 3.05) is 0 Å². The summed E-state index contributed by atoms with van der Waals surface area (Å²) < 4.78 is 0. The Morgan fingerprint density at radius 2 is 2.00 bits per heavy atom. The Balaban J connectivity index is 2.64. The molecule has 2 rings (SSSR count). The number of rotatable bonds is 3. The molecular weight excluding hydrogens is 238 g/mol. The molecule has 0 radical (unpaired) electrons. The van der Waals surface area contributed by atoms with Crippen LogP contribution in [0.5, 0.6) is 0 Å². The first-order valence-electron chi connectivity index (χ1n) is 6.10. The van der Waals surface area contributed by atoms with E-state index in [0.29, 0.717) is 11.1 Å². The van der Waals surface area contributed by atoms with Gasteiger partial charge in [-0.2, -0.15) is 5.26 Å². The molecule has 0 aliphatic heterocycles. The summed E-state index contributed by atoms with van der Waals surface area (Å²) in [5.74, 6) is -0.430. The van der Waals surface area contributed by atoms with Gasteiger partial charge in [-0.05, 0) is 31.0 Å². The minimum Gasteiger partial charge on any atom is -0.366 e. The molecule has 0 saturated heterocycles. The van der Waals surface area contributed by atoms with Gasteiger partial charge in [0, 0.05) is 17.0 Å². The molecule has 0 atom stereocenters. The smallest absolute Gasteiger partial charge is 0.251 e. The summed E-state index contributed by atoms with van der Waals surface area (Å²) in [6.45, 7) is 3.89. The van der Waals surface area contributed by atoms with Gasteiger partial charge in [0.25, 0.3) is 5.91 Å². The number of amides is 1. The van der Waals surface area contributed by atoms with Crippen molar-refractivity contribution in [1.82, 2.24) is 4.98 Å². The number of aromatic amines is 1. The van der Waals surface area contributed by atoms with Gasteiger partial charge in [0.1, 0.15) is 0 Å². The highest BCUT2D eigenvalue weighted by molar-refractivity contribution is 6.02. The van der Waals surface area contributed by atoms with Gasteiger partial charge < -0.3 is 10.7 Å². The number of carbonyl (C=O) groups excluding carboxylic acids is 1. The fraction of sp³-hybridized carbons (Fsp3) is 0.200. The van der Waals surface area contributed by atoms with Crippen molar-refractivity contribution < 1.29 is 4.79 Å². The topological polar surface area (TPSA) is 82.7 Å². The predicted molar refractivity (Wildman–Crippen MR) is 73.6 cm³/mol. The van der Waals surface area contributed by atoms with Crippen LogP contribution in [0.15, 0.2) is 24.3 Å². The van der Waals surface area contributed by atoms with E-state index in [1.165, 1.54) is 0 Å². The van der Waals surface area contributed by atoms with Crippen molar-refractivity contribution in [2.24, 2.45) is 5.73 Å². The van der Waals surface area contributed by atoms with E-state index in [4.69, 9.17) is 11.0 Å². The fourth-order valence-electron chi connectivity index (χ4n) is 2.30. The lowest BCUT2D eigenvalue weighted by Crippen LogP contribution is -2.13. The molecular formula is C15H15N3O. The van der Waals surface area contributed by atoms with Crippen LogP contribution in [0.2, 0.25) is 0 Å². The van der Waals surface area contributed by atoms with Crippen LogP contribution >= 0.6 is 0 Å². The average molecular weight is 253 g/mol. The molecule has 0 saturated carbocycles. The standard InChI is InChI=1S/C15H15N3O/c1-3-12-14(15(17)19)13(9(2)18-12)11-6-4-10(8-16)5-7-11/h4-7,18H,3H2,1-2H3,(H2,17,19). The van der Waals surface area contributed by atoms with Gasteiger partial charge >= 0.3 is 0 Å². The second-order valence-electron chi connectivity index (χ2n) is 4.39. The molecule has 1 heterocycles. The molecule has 1 aromatic heterocycles. The van der Waals surface area contributed by atoms with E-state index < -0.39 is 5.91 Å². The van der Waals surface area contributed by atoms with Crippen molar-refractivity contribution in [2.45, 2.75) is 20.3 Å². The largest absolute Gasteiger partial charge is 0.366 e. The first-order chi connectivity index (χ1) is 9.08. The summed E-state index contributed by atoms with van der Waals surface area (Å²) in [7, 11) is 0. The molecule has 0 bridgehead atoms. The maximum atomic E-state index is 11.7. The minimum atomic E-state index is -0.430. The first-order valence-corrected chi connectivity index (χ1v) is 6.10. The average Bonchev–Trinajstić information content (AvgIpc) is 2.76. The molecule has 0 fully saturated rings. The second-order valence-corrected chi connectivity index (χ2v) is 4.39. The van der Waals surface area contributed by atoms with Crippen LogP contribution < -0.4 is 5.73 Å². The Labute approximate surface area is 111 Å². The lowest BCUT2D eigenvalue weighted by molar-refractivity contribution is 0.1000. The van der Waals surface area contributed by atoms with Crippen molar-refractivity contribution >= 4 is 5.91 Å². The number of nitrogens with zero attached hydrogens (tertiary/aromatic N) is 1. The summed E-state index contributed by atoms with van der Waals surface area (Å²) in [4.78, 5) is 14.9. The van der Waals surface area contributed by atoms with Gasteiger partial charge in [-0.15, -0.1) is 0 Å². The number of primary amides is 1. The number of benzene rings is 1. The summed E-state index contributed by atoms with van der Waals surface area (Å²) in [5, 5.41) is 8.81. The van der Waals surface area contributed by atoms with E-state index in [0.717, 1.165) is 28.9 Å². The summed E-state index contributed by atoms with van der Waals surface area (Å²) >= 11 is 0. The number of nitrogens with two attached hydrogens (primary N) is 1.